The number of nitrogens with zero attached hydrogens (tertiary/aromatic N) is 4. The second-order valence-corrected chi connectivity index (χ2v) is 12.6. The van der Waals surface area contributed by atoms with E-state index in [1.165, 1.54) is 36.4 Å². The molecule has 6 atom stereocenters. The maximum atomic E-state index is 12.4. The Labute approximate surface area is 220 Å². The maximum absolute atomic E-state index is 12.4. The van der Waals surface area contributed by atoms with E-state index in [0.29, 0.717) is 0 Å². The van der Waals surface area contributed by atoms with Crippen LogP contribution in [-0.2, 0) is 20.0 Å². The van der Waals surface area contributed by atoms with Crippen LogP contribution in [-0.4, -0.2) is 58.5 Å². The minimum atomic E-state index is -3.96. The van der Waals surface area contributed by atoms with E-state index in [-0.39, 0.29) is 21.9 Å². The van der Waals surface area contributed by atoms with Gasteiger partial charge in [0.1, 0.15) is 11.1 Å². The van der Waals surface area contributed by atoms with Gasteiger partial charge in [-0.2, -0.15) is 8.61 Å². The zero-order chi connectivity index (χ0) is 28.8. The highest BCUT2D eigenvalue weighted by molar-refractivity contribution is 7.90. The summed E-state index contributed by atoms with van der Waals surface area (Å²) >= 11 is 0. The first-order chi connectivity index (χ1) is 17.5. The van der Waals surface area contributed by atoms with E-state index < -0.39 is 52.3 Å². The summed E-state index contributed by atoms with van der Waals surface area (Å²) in [5.74, 6) is 4.83. The van der Waals surface area contributed by atoms with Crippen molar-refractivity contribution in [1.29, 1.82) is 0 Å². The number of rotatable bonds is 6. The summed E-state index contributed by atoms with van der Waals surface area (Å²) in [4.78, 5) is 19.7. The van der Waals surface area contributed by atoms with E-state index >= 15 is 0 Å². The molecule has 0 aromatic heterocycles. The molecule has 2 saturated heterocycles. The molecule has 0 aliphatic carbocycles. The summed E-state index contributed by atoms with van der Waals surface area (Å²) in [5.41, 5.74) is -2.72. The molecule has 2 fully saturated rings. The third kappa shape index (κ3) is 4.41. The van der Waals surface area contributed by atoms with Crippen LogP contribution in [0, 0.1) is 44.9 Å². The van der Waals surface area contributed by atoms with Crippen molar-refractivity contribution >= 4 is 31.4 Å². The number of para-hydroxylation sites is 2. The number of nitro benzene ring substituents is 2. The Balaban J connectivity index is 0.000000211. The van der Waals surface area contributed by atoms with Gasteiger partial charge in [-0.15, -0.1) is 12.8 Å². The highest BCUT2D eigenvalue weighted by atomic mass is 32.2. The number of hydrogen-bond acceptors (Lipinski definition) is 8. The predicted octanol–water partition coefficient (Wildman–Crippen LogP) is 2.76. The van der Waals surface area contributed by atoms with Crippen molar-refractivity contribution in [2.24, 2.45) is 0 Å². The molecule has 2 aromatic rings. The Bertz CT molecular complexity index is 1510. The molecular weight excluding hydrogens is 536 g/mol. The molecule has 0 saturated carbocycles. The van der Waals surface area contributed by atoms with Gasteiger partial charge in [-0.05, 0) is 39.8 Å². The average molecular weight is 561 g/mol. The Hall–Kier alpha value is -3.82. The SMILES string of the molecule is C#C[C@@]1(C)[C@@H](C)N1S(=O)(=O)c1ccccc1[N+](=O)[O-].C#C[C@@]1(C)[C@@H](C)N1S(=O)(=O)c1ccccc1[N+](=O)[O-]. The first-order valence-electron chi connectivity index (χ1n) is 11.0. The quantitative estimate of drug-likeness (QED) is 0.226. The minimum absolute atomic E-state index is 0.328. The van der Waals surface area contributed by atoms with Gasteiger partial charge in [-0.3, -0.25) is 20.2 Å². The monoisotopic (exact) mass is 560 g/mol. The summed E-state index contributed by atoms with van der Waals surface area (Å²) in [6, 6.07) is 9.74. The second-order valence-electron chi connectivity index (χ2n) is 8.99. The third-order valence-electron chi connectivity index (χ3n) is 6.89. The Morgan fingerprint density at radius 3 is 1.26 bits per heavy atom. The van der Waals surface area contributed by atoms with Crippen LogP contribution in [0.2, 0.25) is 0 Å². The number of sulfonamides is 2. The van der Waals surface area contributed by atoms with E-state index in [0.717, 1.165) is 20.7 Å². The van der Waals surface area contributed by atoms with Gasteiger partial charge in [0, 0.05) is 12.1 Å². The summed E-state index contributed by atoms with van der Waals surface area (Å²) in [6.07, 6.45) is 10.7. The number of hydrogen-bond donors (Lipinski definition) is 0. The van der Waals surface area contributed by atoms with Crippen molar-refractivity contribution in [3.8, 4) is 24.7 Å². The standard InChI is InChI=1S/2C12H12N2O4S/c2*1-4-12(3)9(2)13(12)19(17,18)11-8-6-5-7-10(11)14(15)16/h2*1,5-9H,2-3H3/t2*9-,12+,13?/m11/s1. The molecule has 200 valence electrons. The van der Waals surface area contributed by atoms with Gasteiger partial charge in [-0.25, -0.2) is 16.8 Å². The van der Waals surface area contributed by atoms with E-state index in [4.69, 9.17) is 12.8 Å². The molecule has 0 amide bonds. The van der Waals surface area contributed by atoms with Crippen molar-refractivity contribution in [2.45, 2.75) is 60.6 Å². The van der Waals surface area contributed by atoms with E-state index in [9.17, 15) is 37.1 Å². The summed E-state index contributed by atoms with van der Waals surface area (Å²) < 4.78 is 51.9. The molecular formula is C24H24N4O8S2. The second kappa shape index (κ2) is 9.49. The minimum Gasteiger partial charge on any atom is -0.258 e. The van der Waals surface area contributed by atoms with Gasteiger partial charge in [0.25, 0.3) is 31.4 Å². The van der Waals surface area contributed by atoms with Crippen molar-refractivity contribution in [3.05, 3.63) is 68.8 Å². The molecule has 0 bridgehead atoms. The van der Waals surface area contributed by atoms with Crippen LogP contribution in [0.5, 0.6) is 0 Å². The molecule has 2 aliphatic rings. The van der Waals surface area contributed by atoms with E-state index in [1.54, 1.807) is 27.7 Å². The molecule has 2 unspecified atom stereocenters. The molecule has 2 heterocycles. The fourth-order valence-corrected chi connectivity index (χ4v) is 8.49. The fraction of sp³-hybridized carbons (Fsp3) is 0.333. The molecule has 4 rings (SSSR count). The van der Waals surface area contributed by atoms with Crippen molar-refractivity contribution in [1.82, 2.24) is 8.61 Å². The van der Waals surface area contributed by atoms with Gasteiger partial charge in [-0.1, -0.05) is 36.1 Å². The Morgan fingerprint density at radius 2 is 1.03 bits per heavy atom. The molecule has 38 heavy (non-hydrogen) atoms. The van der Waals surface area contributed by atoms with Crippen LogP contribution >= 0.6 is 0 Å². The maximum Gasteiger partial charge on any atom is 0.289 e. The smallest absolute Gasteiger partial charge is 0.258 e. The van der Waals surface area contributed by atoms with Crippen LogP contribution in [0.3, 0.4) is 0 Å². The van der Waals surface area contributed by atoms with Gasteiger partial charge in [0.15, 0.2) is 9.79 Å². The van der Waals surface area contributed by atoms with Gasteiger partial charge < -0.3 is 0 Å². The molecule has 0 N–H and O–H groups in total. The van der Waals surface area contributed by atoms with Crippen LogP contribution in [0.4, 0.5) is 11.4 Å². The lowest BCUT2D eigenvalue weighted by Crippen LogP contribution is -2.20. The lowest BCUT2D eigenvalue weighted by molar-refractivity contribution is -0.388. The normalized spacial score (nSPS) is 29.5. The first-order valence-corrected chi connectivity index (χ1v) is 13.9. The number of terminal acetylenes is 2. The molecule has 2 aliphatic heterocycles. The summed E-state index contributed by atoms with van der Waals surface area (Å²) in [5, 5.41) is 21.8. The van der Waals surface area contributed by atoms with Crippen LogP contribution in [0.1, 0.15) is 27.7 Å². The van der Waals surface area contributed by atoms with Crippen LogP contribution < -0.4 is 0 Å². The average Bonchev–Trinajstić information content (AvgIpc) is 3.67. The zero-order valence-electron chi connectivity index (χ0n) is 20.8. The predicted molar refractivity (Wildman–Crippen MR) is 138 cm³/mol. The third-order valence-corrected chi connectivity index (χ3v) is 11.1. The molecule has 14 heteroatoms. The van der Waals surface area contributed by atoms with Gasteiger partial charge in [0.05, 0.1) is 21.9 Å². The van der Waals surface area contributed by atoms with Crippen LogP contribution in [0.15, 0.2) is 58.3 Å². The van der Waals surface area contributed by atoms with Crippen LogP contribution in [0.25, 0.3) is 0 Å². The topological polar surface area (TPSA) is 161 Å². The summed E-state index contributed by atoms with van der Waals surface area (Å²) in [7, 11) is -7.92. The van der Waals surface area contributed by atoms with Gasteiger partial charge >= 0.3 is 0 Å². The Kier molecular flexibility index (Phi) is 7.18. The molecule has 0 spiro atoms. The lowest BCUT2D eigenvalue weighted by Gasteiger charge is -2.08. The highest BCUT2D eigenvalue weighted by Gasteiger charge is 2.64. The van der Waals surface area contributed by atoms with Crippen molar-refractivity contribution in [2.75, 3.05) is 0 Å². The Morgan fingerprint density at radius 1 is 0.737 bits per heavy atom. The fourth-order valence-electron chi connectivity index (χ4n) is 4.19. The molecule has 12 nitrogen and oxygen atoms in total. The zero-order valence-corrected chi connectivity index (χ0v) is 22.4. The van der Waals surface area contributed by atoms with E-state index in [1.807, 2.05) is 0 Å². The van der Waals surface area contributed by atoms with E-state index in [2.05, 4.69) is 11.8 Å². The number of nitro groups is 2. The van der Waals surface area contributed by atoms with Crippen molar-refractivity contribution in [3.63, 3.8) is 0 Å². The highest BCUT2D eigenvalue weighted by Crippen LogP contribution is 2.47. The molecule has 0 radical (unpaired) electrons. The molecule has 2 aromatic carbocycles. The first kappa shape index (κ1) is 28.7. The summed E-state index contributed by atoms with van der Waals surface area (Å²) in [6.45, 7) is 6.58. The van der Waals surface area contributed by atoms with Gasteiger partial charge in [0.2, 0.25) is 0 Å². The largest absolute Gasteiger partial charge is 0.289 e. The number of benzene rings is 2. The lowest BCUT2D eigenvalue weighted by atomic mass is 10.1. The van der Waals surface area contributed by atoms with Crippen molar-refractivity contribution < 1.29 is 26.7 Å².